The van der Waals surface area contributed by atoms with Gasteiger partial charge in [-0.25, -0.2) is 4.98 Å². The number of imidazole rings is 1. The number of amides is 1. The molecule has 1 aromatic heterocycles. The van der Waals surface area contributed by atoms with E-state index < -0.39 is 12.1 Å². The number of rotatable bonds is 4. The largest absolute Gasteiger partial charge is 0.481 e. The maximum absolute atomic E-state index is 12.6. The fraction of sp³-hybridized carbons (Fsp3) is 0.312. The lowest BCUT2D eigenvalue weighted by molar-refractivity contribution is -0.141. The summed E-state index contributed by atoms with van der Waals surface area (Å²) in [5, 5.41) is 8.85. The van der Waals surface area contributed by atoms with Crippen LogP contribution in [0.25, 0.3) is 5.69 Å². The summed E-state index contributed by atoms with van der Waals surface area (Å²) in [6.45, 7) is 1.02. The van der Waals surface area contributed by atoms with E-state index in [9.17, 15) is 9.59 Å². The van der Waals surface area contributed by atoms with Crippen molar-refractivity contribution in [3.63, 3.8) is 0 Å². The zero-order valence-corrected chi connectivity index (χ0v) is 14.3. The van der Waals surface area contributed by atoms with E-state index in [1.807, 2.05) is 24.3 Å². The van der Waals surface area contributed by atoms with Gasteiger partial charge >= 0.3 is 5.97 Å². The maximum Gasteiger partial charge on any atom is 0.306 e. The number of aliphatic carboxylic acids is 1. The van der Waals surface area contributed by atoms with Gasteiger partial charge in [0.15, 0.2) is 0 Å². The van der Waals surface area contributed by atoms with Gasteiger partial charge in [-0.05, 0) is 24.3 Å². The summed E-state index contributed by atoms with van der Waals surface area (Å²) in [4.78, 5) is 29.1. The highest BCUT2D eigenvalue weighted by Crippen LogP contribution is 2.16. The second kappa shape index (κ2) is 7.14. The highest BCUT2D eigenvalue weighted by atomic mass is 79.9. The maximum atomic E-state index is 12.6. The molecule has 0 saturated carbocycles. The highest BCUT2D eigenvalue weighted by Gasteiger charge is 2.27. The zero-order valence-electron chi connectivity index (χ0n) is 12.8. The minimum Gasteiger partial charge on any atom is -0.481 e. The Morgan fingerprint density at radius 3 is 2.79 bits per heavy atom. The number of aromatic nitrogens is 2. The first-order valence-corrected chi connectivity index (χ1v) is 8.25. The Morgan fingerprint density at radius 1 is 1.33 bits per heavy atom. The second-order valence-electron chi connectivity index (χ2n) is 5.48. The molecule has 1 aliphatic rings. The first-order valence-electron chi connectivity index (χ1n) is 7.45. The van der Waals surface area contributed by atoms with Crippen molar-refractivity contribution in [2.45, 2.75) is 12.5 Å². The lowest BCUT2D eigenvalue weighted by Gasteiger charge is -2.31. The molecule has 0 radical (unpaired) electrons. The molecule has 1 unspecified atom stereocenters. The van der Waals surface area contributed by atoms with Gasteiger partial charge in [0.05, 0.1) is 19.1 Å². The molecule has 7 nitrogen and oxygen atoms in total. The molecule has 2 heterocycles. The molecule has 2 aromatic rings. The molecule has 0 spiro atoms. The summed E-state index contributed by atoms with van der Waals surface area (Å²) in [6, 6.07) is 7.65. The van der Waals surface area contributed by atoms with E-state index >= 15 is 0 Å². The molecule has 1 amide bonds. The van der Waals surface area contributed by atoms with Crippen molar-refractivity contribution in [2.24, 2.45) is 0 Å². The number of carboxylic acid groups (broad SMARTS) is 1. The van der Waals surface area contributed by atoms with Gasteiger partial charge in [-0.2, -0.15) is 0 Å². The number of carbonyl (C=O) groups excluding carboxylic acids is 1. The van der Waals surface area contributed by atoms with Gasteiger partial charge in [0.2, 0.25) is 0 Å². The molecule has 1 aromatic carbocycles. The first kappa shape index (κ1) is 16.7. The van der Waals surface area contributed by atoms with E-state index in [1.165, 1.54) is 0 Å². The normalized spacial score (nSPS) is 17.7. The number of carboxylic acids is 1. The number of morpholine rings is 1. The van der Waals surface area contributed by atoms with Gasteiger partial charge in [0, 0.05) is 29.4 Å². The monoisotopic (exact) mass is 393 g/mol. The van der Waals surface area contributed by atoms with Gasteiger partial charge in [0.1, 0.15) is 12.0 Å². The molecule has 24 heavy (non-hydrogen) atoms. The van der Waals surface area contributed by atoms with E-state index in [4.69, 9.17) is 9.84 Å². The second-order valence-corrected chi connectivity index (χ2v) is 6.40. The van der Waals surface area contributed by atoms with E-state index in [2.05, 4.69) is 20.9 Å². The summed E-state index contributed by atoms with van der Waals surface area (Å²) in [5.41, 5.74) is 1.23. The predicted molar refractivity (Wildman–Crippen MR) is 89.2 cm³/mol. The van der Waals surface area contributed by atoms with Crippen molar-refractivity contribution < 1.29 is 19.4 Å². The van der Waals surface area contributed by atoms with Gasteiger partial charge in [-0.15, -0.1) is 0 Å². The lowest BCUT2D eigenvalue weighted by atomic mass is 10.2. The van der Waals surface area contributed by atoms with E-state index in [1.54, 1.807) is 22.0 Å². The third-order valence-corrected chi connectivity index (χ3v) is 4.28. The number of ether oxygens (including phenoxy) is 1. The molecule has 1 atom stereocenters. The van der Waals surface area contributed by atoms with Crippen LogP contribution >= 0.6 is 15.9 Å². The van der Waals surface area contributed by atoms with Crippen LogP contribution in [0.15, 0.2) is 41.3 Å². The molecule has 1 aliphatic heterocycles. The third kappa shape index (κ3) is 3.82. The van der Waals surface area contributed by atoms with Crippen LogP contribution in [-0.4, -0.2) is 57.2 Å². The molecule has 8 heteroatoms. The molecule has 3 rings (SSSR count). The molecule has 126 valence electrons. The number of nitrogens with zero attached hydrogens (tertiary/aromatic N) is 3. The SMILES string of the molecule is O=C(O)CC1CN(C(=O)c2cn(-c3ccc(Br)cc3)cn2)CCO1. The Morgan fingerprint density at radius 2 is 2.08 bits per heavy atom. The fourth-order valence-electron chi connectivity index (χ4n) is 2.57. The topological polar surface area (TPSA) is 84.7 Å². The van der Waals surface area contributed by atoms with Crippen LogP contribution in [0.5, 0.6) is 0 Å². The van der Waals surface area contributed by atoms with Gasteiger partial charge in [0.25, 0.3) is 5.91 Å². The Balaban J connectivity index is 1.71. The van der Waals surface area contributed by atoms with Crippen molar-refractivity contribution in [2.75, 3.05) is 19.7 Å². The van der Waals surface area contributed by atoms with Crippen LogP contribution in [0.3, 0.4) is 0 Å². The van der Waals surface area contributed by atoms with Crippen LogP contribution < -0.4 is 0 Å². The molecular formula is C16H16BrN3O4. The average molecular weight is 394 g/mol. The van der Waals surface area contributed by atoms with Crippen LogP contribution in [0.4, 0.5) is 0 Å². The van der Waals surface area contributed by atoms with E-state index in [-0.39, 0.29) is 18.9 Å². The molecule has 1 saturated heterocycles. The van der Waals surface area contributed by atoms with Crippen molar-refractivity contribution >= 4 is 27.8 Å². The Kier molecular flexibility index (Phi) is 4.96. The summed E-state index contributed by atoms with van der Waals surface area (Å²) in [5.74, 6) is -1.15. The first-order chi connectivity index (χ1) is 11.5. The molecule has 1 N–H and O–H groups in total. The van der Waals surface area contributed by atoms with Crippen molar-refractivity contribution in [3.05, 3.63) is 47.0 Å². The minimum atomic E-state index is -0.936. The number of hydrogen-bond donors (Lipinski definition) is 1. The van der Waals surface area contributed by atoms with Crippen LogP contribution in [0.1, 0.15) is 16.9 Å². The van der Waals surface area contributed by atoms with Gasteiger partial charge in [-0.3, -0.25) is 9.59 Å². The quantitative estimate of drug-likeness (QED) is 0.857. The van der Waals surface area contributed by atoms with Crippen LogP contribution in [-0.2, 0) is 9.53 Å². The van der Waals surface area contributed by atoms with Crippen molar-refractivity contribution in [1.82, 2.24) is 14.5 Å². The lowest BCUT2D eigenvalue weighted by Crippen LogP contribution is -2.46. The average Bonchev–Trinajstić information content (AvgIpc) is 3.04. The highest BCUT2D eigenvalue weighted by molar-refractivity contribution is 9.10. The Bertz CT molecular complexity index is 744. The number of benzene rings is 1. The smallest absolute Gasteiger partial charge is 0.306 e. The van der Waals surface area contributed by atoms with Gasteiger partial charge < -0.3 is 19.3 Å². The summed E-state index contributed by atoms with van der Waals surface area (Å²) in [7, 11) is 0. The van der Waals surface area contributed by atoms with Crippen LogP contribution in [0.2, 0.25) is 0 Å². The summed E-state index contributed by atoms with van der Waals surface area (Å²) >= 11 is 3.38. The number of carbonyl (C=O) groups is 2. The Hall–Kier alpha value is -2.19. The zero-order chi connectivity index (χ0) is 17.1. The predicted octanol–water partition coefficient (Wildman–Crippen LogP) is 1.95. The van der Waals surface area contributed by atoms with E-state index in [0.717, 1.165) is 10.2 Å². The van der Waals surface area contributed by atoms with E-state index in [0.29, 0.717) is 18.8 Å². The van der Waals surface area contributed by atoms with Crippen molar-refractivity contribution in [3.8, 4) is 5.69 Å². The van der Waals surface area contributed by atoms with Crippen LogP contribution in [0, 0.1) is 0 Å². The molecular weight excluding hydrogens is 378 g/mol. The third-order valence-electron chi connectivity index (χ3n) is 3.75. The standard InChI is InChI=1S/C16H16BrN3O4/c17-11-1-3-12(4-2-11)20-9-14(18-10-20)16(23)19-5-6-24-13(8-19)7-15(21)22/h1-4,9-10,13H,5-8H2,(H,21,22). The minimum absolute atomic E-state index is 0.114. The summed E-state index contributed by atoms with van der Waals surface area (Å²) in [6.07, 6.45) is 2.67. The molecule has 0 aliphatic carbocycles. The van der Waals surface area contributed by atoms with Gasteiger partial charge in [-0.1, -0.05) is 15.9 Å². The number of halogens is 1. The number of hydrogen-bond acceptors (Lipinski definition) is 4. The Labute approximate surface area is 147 Å². The molecule has 0 bridgehead atoms. The molecule has 1 fully saturated rings. The van der Waals surface area contributed by atoms with Crippen molar-refractivity contribution in [1.29, 1.82) is 0 Å². The fourth-order valence-corrected chi connectivity index (χ4v) is 2.84. The summed E-state index contributed by atoms with van der Waals surface area (Å²) < 4.78 is 8.13.